The number of nitrogens with zero attached hydrogens (tertiary/aromatic N) is 1. The highest BCUT2D eigenvalue weighted by Crippen LogP contribution is 2.27. The highest BCUT2D eigenvalue weighted by atomic mass is 79.9. The molecule has 1 amide bonds. The lowest BCUT2D eigenvalue weighted by Gasteiger charge is -2.25. The molecule has 31 heavy (non-hydrogen) atoms. The summed E-state index contributed by atoms with van der Waals surface area (Å²) in [5, 5.41) is 2.87. The molecule has 0 bridgehead atoms. The number of hydrogen-bond donors (Lipinski definition) is 1. The van der Waals surface area contributed by atoms with Gasteiger partial charge in [0.25, 0.3) is 10.0 Å². The van der Waals surface area contributed by atoms with Crippen LogP contribution in [0.3, 0.4) is 0 Å². The first-order valence-electron chi connectivity index (χ1n) is 9.58. The van der Waals surface area contributed by atoms with Gasteiger partial charge in [-0.25, -0.2) is 8.42 Å². The van der Waals surface area contributed by atoms with Crippen molar-refractivity contribution >= 4 is 37.5 Å². The first-order valence-corrected chi connectivity index (χ1v) is 11.8. The van der Waals surface area contributed by atoms with Gasteiger partial charge in [0.15, 0.2) is 0 Å². The van der Waals surface area contributed by atoms with Crippen LogP contribution in [0.25, 0.3) is 0 Å². The van der Waals surface area contributed by atoms with E-state index in [1.165, 1.54) is 12.1 Å². The van der Waals surface area contributed by atoms with Crippen LogP contribution in [0, 0.1) is 0 Å². The fraction of sp³-hybridized carbons (Fsp3) is 0.174. The monoisotopic (exact) mass is 502 g/mol. The zero-order valence-electron chi connectivity index (χ0n) is 17.2. The molecule has 0 saturated carbocycles. The molecule has 1 N–H and O–H groups in total. The van der Waals surface area contributed by atoms with Crippen molar-refractivity contribution < 1.29 is 17.9 Å². The Balaban J connectivity index is 1.88. The van der Waals surface area contributed by atoms with E-state index >= 15 is 0 Å². The van der Waals surface area contributed by atoms with Crippen molar-refractivity contribution in [3.05, 3.63) is 88.9 Å². The number of nitrogens with one attached hydrogen (secondary N) is 1. The molecule has 0 heterocycles. The number of carbonyl (C=O) groups excluding carboxylic acids is 1. The van der Waals surface area contributed by atoms with Crippen molar-refractivity contribution in [3.63, 3.8) is 0 Å². The number of rotatable bonds is 8. The van der Waals surface area contributed by atoms with Crippen molar-refractivity contribution in [3.8, 4) is 5.75 Å². The maximum atomic E-state index is 13.3. The maximum Gasteiger partial charge on any atom is 0.264 e. The molecule has 3 rings (SSSR count). The zero-order valence-corrected chi connectivity index (χ0v) is 19.6. The summed E-state index contributed by atoms with van der Waals surface area (Å²) < 4.78 is 33.9. The summed E-state index contributed by atoms with van der Waals surface area (Å²) >= 11 is 3.35. The Hall–Kier alpha value is -2.84. The zero-order chi connectivity index (χ0) is 22.4. The van der Waals surface area contributed by atoms with Gasteiger partial charge in [-0.2, -0.15) is 0 Å². The smallest absolute Gasteiger partial charge is 0.264 e. The van der Waals surface area contributed by atoms with Crippen molar-refractivity contribution in [1.82, 2.24) is 5.32 Å². The first-order chi connectivity index (χ1) is 14.8. The number of halogens is 1. The lowest BCUT2D eigenvalue weighted by Crippen LogP contribution is -2.41. The van der Waals surface area contributed by atoms with E-state index in [0.29, 0.717) is 11.4 Å². The molecule has 3 aromatic carbocycles. The van der Waals surface area contributed by atoms with Gasteiger partial charge in [0, 0.05) is 10.0 Å². The summed E-state index contributed by atoms with van der Waals surface area (Å²) in [5.74, 6) is 0.220. The molecule has 0 aromatic heterocycles. The number of para-hydroxylation sites is 1. The number of carbonyl (C=O) groups is 1. The molecule has 0 spiro atoms. The quantitative estimate of drug-likeness (QED) is 0.490. The Morgan fingerprint density at radius 1 is 1.00 bits per heavy atom. The lowest BCUT2D eigenvalue weighted by atomic mass is 10.1. The van der Waals surface area contributed by atoms with Crippen molar-refractivity contribution in [1.29, 1.82) is 0 Å². The second kappa shape index (κ2) is 9.98. The Bertz CT molecular complexity index is 1140. The molecule has 6 nitrogen and oxygen atoms in total. The van der Waals surface area contributed by atoms with Crippen LogP contribution < -0.4 is 14.4 Å². The topological polar surface area (TPSA) is 75.7 Å². The minimum atomic E-state index is -3.94. The van der Waals surface area contributed by atoms with Crippen LogP contribution in [-0.4, -0.2) is 28.0 Å². The fourth-order valence-corrected chi connectivity index (χ4v) is 4.87. The van der Waals surface area contributed by atoms with E-state index in [-0.39, 0.29) is 17.5 Å². The van der Waals surface area contributed by atoms with Gasteiger partial charge in [0.05, 0.1) is 23.7 Å². The maximum absolute atomic E-state index is 13.3. The summed E-state index contributed by atoms with van der Waals surface area (Å²) in [5.41, 5.74) is 1.20. The predicted molar refractivity (Wildman–Crippen MR) is 125 cm³/mol. The summed E-state index contributed by atoms with van der Waals surface area (Å²) in [6.45, 7) is 1.46. The predicted octanol–water partition coefficient (Wildman–Crippen LogP) is 4.53. The van der Waals surface area contributed by atoms with Gasteiger partial charge in [-0.3, -0.25) is 9.10 Å². The van der Waals surface area contributed by atoms with Gasteiger partial charge >= 0.3 is 0 Å². The van der Waals surface area contributed by atoms with Crippen molar-refractivity contribution in [2.75, 3.05) is 18.0 Å². The Labute approximate surface area is 191 Å². The Kier molecular flexibility index (Phi) is 7.35. The summed E-state index contributed by atoms with van der Waals surface area (Å²) in [6.07, 6.45) is 0. The number of benzene rings is 3. The Morgan fingerprint density at radius 3 is 2.26 bits per heavy atom. The van der Waals surface area contributed by atoms with Gasteiger partial charge in [-0.15, -0.1) is 0 Å². The molecule has 0 aliphatic rings. The standard InChI is InChI=1S/C23H23BrN2O4S/c1-17(21-10-6-7-11-22(21)30-2)25-23(27)16-26(19-14-12-18(24)13-15-19)31(28,29)20-8-4-3-5-9-20/h3-15,17H,16H2,1-2H3,(H,25,27). The van der Waals surface area contributed by atoms with Crippen LogP contribution >= 0.6 is 15.9 Å². The van der Waals surface area contributed by atoms with E-state index in [4.69, 9.17) is 4.74 Å². The van der Waals surface area contributed by atoms with E-state index in [1.807, 2.05) is 31.2 Å². The molecule has 0 aliphatic carbocycles. The fourth-order valence-electron chi connectivity index (χ4n) is 3.16. The van der Waals surface area contributed by atoms with Crippen LogP contribution in [-0.2, 0) is 14.8 Å². The van der Waals surface area contributed by atoms with E-state index < -0.39 is 15.9 Å². The van der Waals surface area contributed by atoms with Crippen LogP contribution in [0.2, 0.25) is 0 Å². The second-order valence-electron chi connectivity index (χ2n) is 6.83. The highest BCUT2D eigenvalue weighted by molar-refractivity contribution is 9.10. The molecular formula is C23H23BrN2O4S. The van der Waals surface area contributed by atoms with Gasteiger partial charge < -0.3 is 10.1 Å². The number of ether oxygens (including phenoxy) is 1. The molecule has 162 valence electrons. The molecule has 8 heteroatoms. The van der Waals surface area contributed by atoms with Gasteiger partial charge in [-0.05, 0) is 49.4 Å². The van der Waals surface area contributed by atoms with Crippen LogP contribution in [0.1, 0.15) is 18.5 Å². The third kappa shape index (κ3) is 5.45. The normalized spacial score (nSPS) is 12.1. The minimum Gasteiger partial charge on any atom is -0.496 e. The molecule has 3 aromatic rings. The number of hydrogen-bond acceptors (Lipinski definition) is 4. The number of amides is 1. The summed E-state index contributed by atoms with van der Waals surface area (Å²) in [7, 11) is -2.38. The molecule has 1 atom stereocenters. The third-order valence-corrected chi connectivity index (χ3v) is 7.03. The van der Waals surface area contributed by atoms with Gasteiger partial charge in [-0.1, -0.05) is 52.3 Å². The van der Waals surface area contributed by atoms with E-state index in [2.05, 4.69) is 21.2 Å². The SMILES string of the molecule is COc1ccccc1C(C)NC(=O)CN(c1ccc(Br)cc1)S(=O)(=O)c1ccccc1. The summed E-state index contributed by atoms with van der Waals surface area (Å²) in [6, 6.07) is 21.8. The van der Waals surface area contributed by atoms with Crippen LogP contribution in [0.5, 0.6) is 5.75 Å². The van der Waals surface area contributed by atoms with E-state index in [1.54, 1.807) is 49.6 Å². The van der Waals surface area contributed by atoms with E-state index in [9.17, 15) is 13.2 Å². The minimum absolute atomic E-state index is 0.114. The number of anilines is 1. The number of methoxy groups -OCH3 is 1. The highest BCUT2D eigenvalue weighted by Gasteiger charge is 2.27. The molecule has 0 saturated heterocycles. The first kappa shape index (κ1) is 22.8. The molecule has 1 unspecified atom stereocenters. The van der Waals surface area contributed by atoms with Gasteiger partial charge in [0.2, 0.25) is 5.91 Å². The van der Waals surface area contributed by atoms with Crippen LogP contribution in [0.4, 0.5) is 5.69 Å². The molecule has 0 radical (unpaired) electrons. The molecule has 0 fully saturated rings. The van der Waals surface area contributed by atoms with Crippen LogP contribution in [0.15, 0.2) is 88.2 Å². The van der Waals surface area contributed by atoms with Crippen molar-refractivity contribution in [2.24, 2.45) is 0 Å². The molecule has 0 aliphatic heterocycles. The summed E-state index contributed by atoms with van der Waals surface area (Å²) in [4.78, 5) is 13.0. The van der Waals surface area contributed by atoms with E-state index in [0.717, 1.165) is 14.3 Å². The molecular weight excluding hydrogens is 480 g/mol. The Morgan fingerprint density at radius 2 is 1.61 bits per heavy atom. The van der Waals surface area contributed by atoms with Crippen molar-refractivity contribution in [2.45, 2.75) is 17.9 Å². The largest absolute Gasteiger partial charge is 0.496 e. The third-order valence-electron chi connectivity index (χ3n) is 4.72. The lowest BCUT2D eigenvalue weighted by molar-refractivity contribution is -0.120. The average molecular weight is 503 g/mol. The average Bonchev–Trinajstić information content (AvgIpc) is 2.78. The number of sulfonamides is 1. The second-order valence-corrected chi connectivity index (χ2v) is 9.61. The van der Waals surface area contributed by atoms with Gasteiger partial charge in [0.1, 0.15) is 12.3 Å².